The minimum Gasteiger partial charge on any atom is -0.475 e. The van der Waals surface area contributed by atoms with Crippen LogP contribution in [0.2, 0.25) is 0 Å². The maximum atomic E-state index is 12.7. The van der Waals surface area contributed by atoms with Gasteiger partial charge >= 0.3 is 5.69 Å². The smallest absolute Gasteiger partial charge is 0.351 e. The van der Waals surface area contributed by atoms with Gasteiger partial charge in [0.05, 0.1) is 22.8 Å². The molecule has 0 N–H and O–H groups in total. The lowest BCUT2D eigenvalue weighted by Crippen LogP contribution is -2.29. The molecule has 196 valence electrons. The number of nitrogens with zero attached hydrogens (tertiary/aromatic N) is 4. The van der Waals surface area contributed by atoms with Crippen molar-refractivity contribution >= 4 is 11.0 Å². The van der Waals surface area contributed by atoms with Crippen LogP contribution < -0.4 is 10.4 Å². The van der Waals surface area contributed by atoms with E-state index in [1.165, 1.54) is 5.56 Å². The van der Waals surface area contributed by atoms with Gasteiger partial charge < -0.3 is 9.47 Å². The fourth-order valence-corrected chi connectivity index (χ4v) is 5.35. The van der Waals surface area contributed by atoms with Crippen LogP contribution in [0.4, 0.5) is 0 Å². The van der Waals surface area contributed by atoms with Crippen molar-refractivity contribution in [2.45, 2.75) is 31.9 Å². The lowest BCUT2D eigenvalue weighted by molar-refractivity contribution is 0.0661. The molecule has 3 aromatic carbocycles. The molecule has 7 heteroatoms. The molecule has 1 saturated heterocycles. The molecule has 1 atom stereocenters. The molecule has 0 spiro atoms. The Morgan fingerprint density at radius 3 is 2.55 bits per heavy atom. The van der Waals surface area contributed by atoms with Crippen LogP contribution in [0.5, 0.6) is 5.88 Å². The first-order chi connectivity index (χ1) is 19.7. The van der Waals surface area contributed by atoms with Crippen LogP contribution in [-0.4, -0.2) is 38.8 Å². The van der Waals surface area contributed by atoms with Crippen molar-refractivity contribution in [1.82, 2.24) is 19.5 Å². The summed E-state index contributed by atoms with van der Waals surface area (Å²) in [4.78, 5) is 25.6. The summed E-state index contributed by atoms with van der Waals surface area (Å²) in [5, 5.41) is 0. The fourth-order valence-electron chi connectivity index (χ4n) is 5.35. The molecule has 2 aromatic heterocycles. The number of hydrogen-bond donors (Lipinski definition) is 0. The van der Waals surface area contributed by atoms with E-state index in [4.69, 9.17) is 9.47 Å². The number of aromatic nitrogens is 4. The maximum absolute atomic E-state index is 12.7. The van der Waals surface area contributed by atoms with E-state index in [9.17, 15) is 4.79 Å². The van der Waals surface area contributed by atoms with Gasteiger partial charge in [-0.05, 0) is 66.3 Å². The van der Waals surface area contributed by atoms with E-state index in [0.29, 0.717) is 19.0 Å². The Hall–Kier alpha value is -4.80. The van der Waals surface area contributed by atoms with Gasteiger partial charge in [0, 0.05) is 48.3 Å². The van der Waals surface area contributed by atoms with Crippen LogP contribution in [-0.2, 0) is 17.7 Å². The molecular formula is C33H26N4O3. The highest BCUT2D eigenvalue weighted by molar-refractivity contribution is 5.76. The van der Waals surface area contributed by atoms with Crippen molar-refractivity contribution in [2.24, 2.45) is 0 Å². The second kappa shape index (κ2) is 10.4. The summed E-state index contributed by atoms with van der Waals surface area (Å²) in [5.74, 6) is 6.83. The first-order valence-electron chi connectivity index (χ1n) is 13.5. The summed E-state index contributed by atoms with van der Waals surface area (Å²) >= 11 is 0. The Labute approximate surface area is 231 Å². The largest absolute Gasteiger partial charge is 0.475 e. The average molecular weight is 527 g/mol. The summed E-state index contributed by atoms with van der Waals surface area (Å²) in [6.45, 7) is 1.78. The van der Waals surface area contributed by atoms with E-state index < -0.39 is 0 Å². The minimum atomic E-state index is -0.275. The van der Waals surface area contributed by atoms with Crippen molar-refractivity contribution in [3.63, 3.8) is 0 Å². The maximum Gasteiger partial charge on any atom is 0.351 e. The van der Waals surface area contributed by atoms with Gasteiger partial charge in [0.25, 0.3) is 0 Å². The van der Waals surface area contributed by atoms with Crippen molar-refractivity contribution < 1.29 is 9.47 Å². The highest BCUT2D eigenvalue weighted by atomic mass is 16.5. The SMILES string of the molecule is O=c1nc(OCC2CCCO2)cc2n1CCc1cc(-c3ccc(C#Cc4ccc5nccnc5c4)cc3)ccc1-2. The van der Waals surface area contributed by atoms with Gasteiger partial charge in [-0.15, -0.1) is 0 Å². The van der Waals surface area contributed by atoms with Crippen molar-refractivity contribution in [1.29, 1.82) is 0 Å². The molecule has 0 bridgehead atoms. The van der Waals surface area contributed by atoms with Gasteiger partial charge in [0.15, 0.2) is 0 Å². The van der Waals surface area contributed by atoms with E-state index in [2.05, 4.69) is 57.1 Å². The Morgan fingerprint density at radius 1 is 0.900 bits per heavy atom. The molecule has 0 aliphatic carbocycles. The van der Waals surface area contributed by atoms with E-state index in [0.717, 1.165) is 70.4 Å². The Kier molecular flexibility index (Phi) is 6.31. The van der Waals surface area contributed by atoms with E-state index >= 15 is 0 Å². The van der Waals surface area contributed by atoms with Crippen LogP contribution in [0, 0.1) is 11.8 Å². The summed E-state index contributed by atoms with van der Waals surface area (Å²) in [6.07, 6.45) is 6.24. The molecule has 4 heterocycles. The number of fused-ring (bicyclic) bond motifs is 4. The standard InChI is InChI=1S/C33H26N4O3/c38-33-36-32(40-21-27-2-1-17-39-27)20-31-28-11-10-25(19-26(28)13-16-37(31)33)24-8-5-22(6-9-24)3-4-23-7-12-29-30(18-23)35-15-14-34-29/h5-12,14-15,18-20,27H,1-2,13,16-17,21H2. The molecule has 5 aromatic rings. The Balaban J connectivity index is 1.11. The predicted octanol–water partition coefficient (Wildman–Crippen LogP) is 5.03. The van der Waals surface area contributed by atoms with Gasteiger partial charge in [-0.25, -0.2) is 4.79 Å². The molecule has 1 unspecified atom stereocenters. The average Bonchev–Trinajstić information content (AvgIpc) is 3.53. The zero-order valence-corrected chi connectivity index (χ0v) is 21.8. The van der Waals surface area contributed by atoms with Crippen LogP contribution in [0.15, 0.2) is 83.9 Å². The van der Waals surface area contributed by atoms with Gasteiger partial charge in [0.2, 0.25) is 5.88 Å². The van der Waals surface area contributed by atoms with Gasteiger partial charge in [-0.3, -0.25) is 14.5 Å². The third-order valence-corrected chi connectivity index (χ3v) is 7.45. The Bertz CT molecular complexity index is 1840. The molecule has 1 fully saturated rings. The number of benzene rings is 3. The Morgan fingerprint density at radius 2 is 1.70 bits per heavy atom. The van der Waals surface area contributed by atoms with Crippen LogP contribution in [0.1, 0.15) is 29.5 Å². The van der Waals surface area contributed by atoms with E-state index in [-0.39, 0.29) is 11.8 Å². The molecule has 0 saturated carbocycles. The van der Waals surface area contributed by atoms with Crippen molar-refractivity contribution in [3.8, 4) is 40.1 Å². The quantitative estimate of drug-likeness (QED) is 0.306. The number of aryl methyl sites for hydroxylation is 1. The topological polar surface area (TPSA) is 79.1 Å². The highest BCUT2D eigenvalue weighted by Gasteiger charge is 2.21. The normalized spacial score (nSPS) is 15.7. The second-order valence-electron chi connectivity index (χ2n) is 10.1. The number of ether oxygens (including phenoxy) is 2. The monoisotopic (exact) mass is 526 g/mol. The van der Waals surface area contributed by atoms with Crippen molar-refractivity contribution in [3.05, 3.63) is 106 Å². The lowest BCUT2D eigenvalue weighted by Gasteiger charge is -2.22. The molecule has 0 amide bonds. The summed E-state index contributed by atoms with van der Waals surface area (Å²) < 4.78 is 13.2. The molecule has 2 aliphatic heterocycles. The van der Waals surface area contributed by atoms with Gasteiger partial charge in [-0.1, -0.05) is 42.2 Å². The first-order valence-corrected chi connectivity index (χ1v) is 13.5. The van der Waals surface area contributed by atoms with Gasteiger partial charge in [-0.2, -0.15) is 4.98 Å². The molecular weight excluding hydrogens is 500 g/mol. The van der Waals surface area contributed by atoms with Crippen LogP contribution in [0.25, 0.3) is 33.4 Å². The van der Waals surface area contributed by atoms with E-state index in [1.807, 2.05) is 36.4 Å². The van der Waals surface area contributed by atoms with Gasteiger partial charge in [0.1, 0.15) is 6.61 Å². The zero-order chi connectivity index (χ0) is 26.9. The fraction of sp³-hybridized carbons (Fsp3) is 0.212. The molecule has 0 radical (unpaired) electrons. The van der Waals surface area contributed by atoms with Crippen LogP contribution >= 0.6 is 0 Å². The van der Waals surface area contributed by atoms with E-state index in [1.54, 1.807) is 17.0 Å². The summed E-state index contributed by atoms with van der Waals surface area (Å²) in [7, 11) is 0. The number of hydrogen-bond acceptors (Lipinski definition) is 6. The molecule has 40 heavy (non-hydrogen) atoms. The summed E-state index contributed by atoms with van der Waals surface area (Å²) in [5.41, 5.74) is 8.61. The molecule has 7 rings (SSSR count). The first kappa shape index (κ1) is 24.3. The predicted molar refractivity (Wildman–Crippen MR) is 153 cm³/mol. The molecule has 7 nitrogen and oxygen atoms in total. The lowest BCUT2D eigenvalue weighted by atomic mass is 9.93. The number of rotatable bonds is 4. The van der Waals surface area contributed by atoms with Crippen molar-refractivity contribution in [2.75, 3.05) is 13.2 Å². The third-order valence-electron chi connectivity index (χ3n) is 7.45. The highest BCUT2D eigenvalue weighted by Crippen LogP contribution is 2.33. The minimum absolute atomic E-state index is 0.0707. The molecule has 2 aliphatic rings. The summed E-state index contributed by atoms with van der Waals surface area (Å²) in [6, 6.07) is 22.4. The van der Waals surface area contributed by atoms with Crippen LogP contribution in [0.3, 0.4) is 0 Å². The third kappa shape index (κ3) is 4.86. The zero-order valence-electron chi connectivity index (χ0n) is 21.8. The second-order valence-corrected chi connectivity index (χ2v) is 10.1.